The maximum Gasteiger partial charge on any atom is 0.256 e. The Labute approximate surface area is 267 Å². The Morgan fingerprint density at radius 2 is 1.70 bits per heavy atom. The Kier molecular flexibility index (Phi) is 10.6. The molecule has 4 aromatic rings. The topological polar surface area (TPSA) is 78.5 Å². The number of nitrogens with zero attached hydrogens (tertiary/aromatic N) is 1. The van der Waals surface area contributed by atoms with Crippen molar-refractivity contribution in [1.29, 1.82) is 0 Å². The predicted molar refractivity (Wildman–Crippen MR) is 175 cm³/mol. The molecule has 3 aromatic carbocycles. The summed E-state index contributed by atoms with van der Waals surface area (Å²) in [5.41, 5.74) is 7.62. The zero-order valence-corrected chi connectivity index (χ0v) is 25.8. The number of halogens is 3. The van der Waals surface area contributed by atoms with Crippen LogP contribution in [0, 0.1) is 17.5 Å². The first-order valence-corrected chi connectivity index (χ1v) is 15.5. The number of benzene rings is 3. The average Bonchev–Trinajstić information content (AvgIpc) is 3.56. The highest BCUT2D eigenvalue weighted by atomic mass is 19.1. The summed E-state index contributed by atoms with van der Waals surface area (Å²) in [5.74, 6) is -1.94. The number of nitrogen functional groups attached to an aromatic ring is 1. The summed E-state index contributed by atoms with van der Waals surface area (Å²) in [6, 6.07) is 20.1. The molecule has 6 nitrogen and oxygen atoms in total. The minimum atomic E-state index is -1.01. The number of ether oxygens (including phenoxy) is 2. The molecule has 46 heavy (non-hydrogen) atoms. The van der Waals surface area contributed by atoms with Gasteiger partial charge in [-0.1, -0.05) is 55.1 Å². The minimum absolute atomic E-state index is 0.0180. The molecule has 0 bridgehead atoms. The first-order chi connectivity index (χ1) is 22.3. The molecular formula is C37H38F3N3O3. The molecule has 0 aliphatic heterocycles. The lowest BCUT2D eigenvalue weighted by Gasteiger charge is -2.25. The third-order valence-corrected chi connectivity index (χ3v) is 8.09. The molecule has 0 saturated heterocycles. The molecule has 0 radical (unpaired) electrons. The maximum atomic E-state index is 15.4. The fraction of sp³-hybridized carbons (Fsp3) is 0.270. The standard InChI is InChI=1S/C37H38F3N3O3/c1-3-30(25-14-16-27(38)17-15-25)31-18-19-34(44)43(37(31)41)36-32(39)22-29(23-33(36)40)45-21-9-20-42-35(26-10-5-4-6-11-26)24(2)46-28-12-7-8-13-28/h3-6,10-11,14-19,22-23,28,35,42H,2,7-9,12-13,20-21,41H2,1H3/b30-3-/t35-/m1/s1. The quantitative estimate of drug-likeness (QED) is 0.116. The lowest BCUT2D eigenvalue weighted by atomic mass is 9.98. The highest BCUT2D eigenvalue weighted by Gasteiger charge is 2.23. The number of pyridine rings is 1. The summed E-state index contributed by atoms with van der Waals surface area (Å²) in [6.07, 6.45) is 6.82. The second-order valence-electron chi connectivity index (χ2n) is 11.2. The van der Waals surface area contributed by atoms with Gasteiger partial charge in [-0.2, -0.15) is 0 Å². The Hall–Kier alpha value is -4.76. The van der Waals surface area contributed by atoms with Crippen molar-refractivity contribution in [2.45, 2.75) is 51.2 Å². The van der Waals surface area contributed by atoms with Crippen molar-refractivity contribution in [3.63, 3.8) is 0 Å². The molecule has 1 aromatic heterocycles. The van der Waals surface area contributed by atoms with Crippen LogP contribution in [0.5, 0.6) is 5.75 Å². The first-order valence-electron chi connectivity index (χ1n) is 15.5. The van der Waals surface area contributed by atoms with Crippen molar-refractivity contribution in [3.8, 4) is 11.4 Å². The largest absolute Gasteiger partial charge is 0.493 e. The number of nitrogens with two attached hydrogens (primary N) is 1. The number of rotatable bonds is 13. The molecule has 1 aliphatic rings. The van der Waals surface area contributed by atoms with E-state index >= 15 is 8.78 Å². The van der Waals surface area contributed by atoms with E-state index in [2.05, 4.69) is 11.9 Å². The zero-order chi connectivity index (χ0) is 32.6. The van der Waals surface area contributed by atoms with Crippen molar-refractivity contribution in [3.05, 3.63) is 142 Å². The van der Waals surface area contributed by atoms with Crippen LogP contribution >= 0.6 is 0 Å². The minimum Gasteiger partial charge on any atom is -0.493 e. The van der Waals surface area contributed by atoms with Crippen molar-refractivity contribution in [2.24, 2.45) is 0 Å². The summed E-state index contributed by atoms with van der Waals surface area (Å²) in [7, 11) is 0. The lowest BCUT2D eigenvalue weighted by molar-refractivity contribution is 0.105. The van der Waals surface area contributed by atoms with E-state index < -0.39 is 28.7 Å². The Morgan fingerprint density at radius 1 is 1.02 bits per heavy atom. The van der Waals surface area contributed by atoms with Crippen LogP contribution in [0.25, 0.3) is 11.3 Å². The van der Waals surface area contributed by atoms with Crippen molar-refractivity contribution in [1.82, 2.24) is 9.88 Å². The van der Waals surface area contributed by atoms with E-state index in [4.69, 9.17) is 15.2 Å². The third kappa shape index (κ3) is 7.54. The van der Waals surface area contributed by atoms with E-state index in [0.29, 0.717) is 35.4 Å². The molecule has 1 saturated carbocycles. The van der Waals surface area contributed by atoms with E-state index in [0.717, 1.165) is 47.9 Å². The van der Waals surface area contributed by atoms with E-state index in [1.54, 1.807) is 25.1 Å². The Bertz CT molecular complexity index is 1720. The third-order valence-electron chi connectivity index (χ3n) is 8.09. The second-order valence-corrected chi connectivity index (χ2v) is 11.2. The molecule has 9 heteroatoms. The van der Waals surface area contributed by atoms with E-state index in [-0.39, 0.29) is 30.3 Å². The number of hydrogen-bond acceptors (Lipinski definition) is 5. The van der Waals surface area contributed by atoms with Gasteiger partial charge in [-0.3, -0.25) is 9.36 Å². The van der Waals surface area contributed by atoms with Crippen LogP contribution < -0.4 is 21.3 Å². The monoisotopic (exact) mass is 629 g/mol. The van der Waals surface area contributed by atoms with Crippen LogP contribution in [0.15, 0.2) is 102 Å². The average molecular weight is 630 g/mol. The van der Waals surface area contributed by atoms with Gasteiger partial charge in [-0.15, -0.1) is 0 Å². The SMILES string of the molecule is C=C(OC1CCCC1)[C@@H](NCCCOc1cc(F)c(-n2c(N)c(/C(=C\C)c3ccc(F)cc3)ccc2=O)c(F)c1)c1ccccc1. The van der Waals surface area contributed by atoms with Gasteiger partial charge in [0.15, 0.2) is 11.6 Å². The van der Waals surface area contributed by atoms with Gasteiger partial charge in [-0.25, -0.2) is 13.2 Å². The summed E-state index contributed by atoms with van der Waals surface area (Å²) in [5, 5.41) is 3.47. The molecule has 3 N–H and O–H groups in total. The second kappa shape index (κ2) is 15.0. The van der Waals surface area contributed by atoms with E-state index in [1.165, 1.54) is 24.3 Å². The summed E-state index contributed by atoms with van der Waals surface area (Å²) in [6.45, 7) is 6.66. The molecule has 0 amide bonds. The van der Waals surface area contributed by atoms with Crippen molar-refractivity contribution in [2.75, 3.05) is 18.9 Å². The van der Waals surface area contributed by atoms with Gasteiger partial charge in [0.25, 0.3) is 5.56 Å². The van der Waals surface area contributed by atoms with Crippen LogP contribution in [0.3, 0.4) is 0 Å². The number of hydrogen-bond donors (Lipinski definition) is 2. The Balaban J connectivity index is 1.26. The van der Waals surface area contributed by atoms with Crippen LogP contribution in [0.2, 0.25) is 0 Å². The number of anilines is 1. The molecule has 240 valence electrons. The molecule has 0 spiro atoms. The van der Waals surface area contributed by atoms with Crippen LogP contribution in [0.4, 0.5) is 19.0 Å². The molecule has 1 heterocycles. The van der Waals surface area contributed by atoms with E-state index in [1.807, 2.05) is 30.3 Å². The highest BCUT2D eigenvalue weighted by Crippen LogP contribution is 2.32. The summed E-state index contributed by atoms with van der Waals surface area (Å²) in [4.78, 5) is 12.8. The molecule has 0 unspecified atom stereocenters. The normalized spacial score (nSPS) is 14.3. The van der Waals surface area contributed by atoms with Crippen molar-refractivity contribution >= 4 is 11.4 Å². The fourth-order valence-electron chi connectivity index (χ4n) is 5.82. The van der Waals surface area contributed by atoms with Gasteiger partial charge in [0.2, 0.25) is 0 Å². The van der Waals surface area contributed by atoms with Gasteiger partial charge in [0.1, 0.15) is 28.8 Å². The molecule has 1 fully saturated rings. The van der Waals surface area contributed by atoms with E-state index in [9.17, 15) is 9.18 Å². The van der Waals surface area contributed by atoms with Gasteiger partial charge >= 0.3 is 0 Å². The summed E-state index contributed by atoms with van der Waals surface area (Å²) < 4.78 is 57.0. The number of aromatic nitrogens is 1. The smallest absolute Gasteiger partial charge is 0.256 e. The highest BCUT2D eigenvalue weighted by molar-refractivity contribution is 5.84. The first kappa shape index (κ1) is 32.6. The molecule has 1 aliphatic carbocycles. The van der Waals surface area contributed by atoms with Gasteiger partial charge in [-0.05, 0) is 80.5 Å². The van der Waals surface area contributed by atoms with Crippen LogP contribution in [-0.4, -0.2) is 23.8 Å². The van der Waals surface area contributed by atoms with Gasteiger partial charge in [0.05, 0.1) is 18.8 Å². The Morgan fingerprint density at radius 3 is 2.35 bits per heavy atom. The molecule has 1 atom stereocenters. The zero-order valence-electron chi connectivity index (χ0n) is 25.8. The van der Waals surface area contributed by atoms with Crippen LogP contribution in [-0.2, 0) is 4.74 Å². The van der Waals surface area contributed by atoms with Crippen LogP contribution in [0.1, 0.15) is 61.8 Å². The van der Waals surface area contributed by atoms with Crippen molar-refractivity contribution < 1.29 is 22.6 Å². The maximum absolute atomic E-state index is 15.4. The molecule has 5 rings (SSSR count). The predicted octanol–water partition coefficient (Wildman–Crippen LogP) is 7.86. The number of allylic oxidation sites excluding steroid dienone is 1. The molecular weight excluding hydrogens is 591 g/mol. The van der Waals surface area contributed by atoms with Gasteiger partial charge in [0, 0.05) is 23.8 Å². The lowest BCUT2D eigenvalue weighted by Crippen LogP contribution is -2.27. The fourth-order valence-corrected chi connectivity index (χ4v) is 5.82. The number of nitrogens with one attached hydrogen (secondary N) is 1. The summed E-state index contributed by atoms with van der Waals surface area (Å²) >= 11 is 0. The van der Waals surface area contributed by atoms with Gasteiger partial charge < -0.3 is 20.5 Å².